The number of aryl methyl sites for hydroxylation is 1. The van der Waals surface area contributed by atoms with E-state index in [0.29, 0.717) is 27.2 Å². The minimum absolute atomic E-state index is 0.104. The zero-order valence-corrected chi connectivity index (χ0v) is 22.7. The lowest BCUT2D eigenvalue weighted by molar-refractivity contribution is 0.0697. The maximum absolute atomic E-state index is 11.2. The largest absolute Gasteiger partial charge is 0.489 e. The molecule has 0 atom stereocenters. The number of aromatic carboxylic acids is 1. The van der Waals surface area contributed by atoms with E-state index in [4.69, 9.17) is 37.2 Å². The highest BCUT2D eigenvalue weighted by molar-refractivity contribution is 6.32. The number of carboxylic acid groups (broad SMARTS) is 1. The molecule has 196 valence electrons. The van der Waals surface area contributed by atoms with Gasteiger partial charge in [0, 0.05) is 5.92 Å². The predicted octanol–water partition coefficient (Wildman–Crippen LogP) is 8.44. The number of para-hydroxylation sites is 1. The van der Waals surface area contributed by atoms with Gasteiger partial charge < -0.3 is 19.1 Å². The molecule has 4 rings (SSSR count). The number of halogens is 2. The van der Waals surface area contributed by atoms with E-state index in [1.165, 1.54) is 0 Å². The van der Waals surface area contributed by atoms with Gasteiger partial charge in [-0.15, -0.1) is 0 Å². The molecule has 1 N–H and O–H groups in total. The number of carboxylic acids is 1. The molecule has 0 aliphatic heterocycles. The number of benzene rings is 3. The summed E-state index contributed by atoms with van der Waals surface area (Å²) in [6, 6.07) is 17.7. The van der Waals surface area contributed by atoms with E-state index in [-0.39, 0.29) is 24.7 Å². The van der Waals surface area contributed by atoms with Crippen molar-refractivity contribution in [2.75, 3.05) is 0 Å². The third-order valence-electron chi connectivity index (χ3n) is 5.89. The zero-order chi connectivity index (χ0) is 27.2. The van der Waals surface area contributed by atoms with Gasteiger partial charge in [0.05, 0.1) is 21.2 Å². The molecule has 0 amide bonds. The smallest absolute Gasteiger partial charge is 0.335 e. The summed E-state index contributed by atoms with van der Waals surface area (Å²) in [7, 11) is 0. The Balaban J connectivity index is 1.47. The van der Waals surface area contributed by atoms with Crippen LogP contribution in [0.4, 0.5) is 0 Å². The molecule has 38 heavy (non-hydrogen) atoms. The van der Waals surface area contributed by atoms with Crippen molar-refractivity contribution >= 4 is 41.3 Å². The fraction of sp³-hybridized carbons (Fsp3) is 0.200. The summed E-state index contributed by atoms with van der Waals surface area (Å²) in [5.41, 5.74) is 4.16. The van der Waals surface area contributed by atoms with Gasteiger partial charge >= 0.3 is 5.97 Å². The second kappa shape index (κ2) is 12.2. The van der Waals surface area contributed by atoms with E-state index < -0.39 is 5.97 Å². The molecule has 0 radical (unpaired) electrons. The van der Waals surface area contributed by atoms with Crippen LogP contribution in [0.25, 0.3) is 12.2 Å². The molecule has 0 saturated heterocycles. The van der Waals surface area contributed by atoms with Crippen molar-refractivity contribution in [2.24, 2.45) is 0 Å². The highest BCUT2D eigenvalue weighted by atomic mass is 35.5. The van der Waals surface area contributed by atoms with Crippen LogP contribution in [0.1, 0.15) is 63.8 Å². The monoisotopic (exact) mass is 551 g/mol. The first-order valence-electron chi connectivity index (χ1n) is 12.0. The molecule has 1 heterocycles. The fourth-order valence-corrected chi connectivity index (χ4v) is 4.38. The Bertz CT molecular complexity index is 1460. The quantitative estimate of drug-likeness (QED) is 0.199. The van der Waals surface area contributed by atoms with Crippen molar-refractivity contribution in [1.82, 2.24) is 5.16 Å². The van der Waals surface area contributed by atoms with Gasteiger partial charge in [0.2, 0.25) is 0 Å². The van der Waals surface area contributed by atoms with Gasteiger partial charge in [-0.3, -0.25) is 0 Å². The molecule has 0 unspecified atom stereocenters. The third-order valence-corrected chi connectivity index (χ3v) is 6.51. The van der Waals surface area contributed by atoms with E-state index in [0.717, 1.165) is 28.0 Å². The summed E-state index contributed by atoms with van der Waals surface area (Å²) < 4.78 is 17.7. The van der Waals surface area contributed by atoms with Gasteiger partial charge in [0.25, 0.3) is 0 Å². The maximum atomic E-state index is 11.2. The normalized spacial score (nSPS) is 11.3. The van der Waals surface area contributed by atoms with Crippen LogP contribution >= 0.6 is 23.2 Å². The Kier molecular flexibility index (Phi) is 8.77. The van der Waals surface area contributed by atoms with Gasteiger partial charge in [-0.25, -0.2) is 4.79 Å². The predicted molar refractivity (Wildman–Crippen MR) is 149 cm³/mol. The summed E-state index contributed by atoms with van der Waals surface area (Å²) in [5.74, 6) is 1.06. The zero-order valence-electron chi connectivity index (χ0n) is 21.2. The lowest BCUT2D eigenvalue weighted by Crippen LogP contribution is -2.06. The SMILES string of the molecule is Cc1cccc(Cl)c1OCc1noc(C(C)C)c1COc1ccc(/C=C/c2cccc(C(=O)O)c2)c(Cl)c1. The van der Waals surface area contributed by atoms with Gasteiger partial charge in [0.1, 0.15) is 36.2 Å². The van der Waals surface area contributed by atoms with Crippen molar-refractivity contribution < 1.29 is 23.9 Å². The number of ether oxygens (including phenoxy) is 2. The van der Waals surface area contributed by atoms with E-state index >= 15 is 0 Å². The molecule has 8 heteroatoms. The van der Waals surface area contributed by atoms with Crippen molar-refractivity contribution in [3.8, 4) is 11.5 Å². The van der Waals surface area contributed by atoms with Crippen LogP contribution < -0.4 is 9.47 Å². The van der Waals surface area contributed by atoms with Crippen LogP contribution in [0.5, 0.6) is 11.5 Å². The summed E-state index contributed by atoms with van der Waals surface area (Å²) in [6.45, 7) is 6.40. The van der Waals surface area contributed by atoms with E-state index in [1.807, 2.05) is 63.3 Å². The van der Waals surface area contributed by atoms with E-state index in [1.54, 1.807) is 30.3 Å². The topological polar surface area (TPSA) is 81.8 Å². The summed E-state index contributed by atoms with van der Waals surface area (Å²) in [4.78, 5) is 11.2. The highest BCUT2D eigenvalue weighted by Crippen LogP contribution is 2.31. The molecular weight excluding hydrogens is 525 g/mol. The van der Waals surface area contributed by atoms with Gasteiger partial charge in [-0.2, -0.15) is 0 Å². The summed E-state index contributed by atoms with van der Waals surface area (Å²) >= 11 is 12.8. The Hall–Kier alpha value is -3.74. The first-order valence-corrected chi connectivity index (χ1v) is 12.8. The van der Waals surface area contributed by atoms with Crippen LogP contribution in [0.2, 0.25) is 10.0 Å². The number of rotatable bonds is 10. The lowest BCUT2D eigenvalue weighted by Gasteiger charge is -2.12. The molecule has 0 aliphatic carbocycles. The van der Waals surface area contributed by atoms with Crippen LogP contribution in [-0.4, -0.2) is 16.2 Å². The minimum Gasteiger partial charge on any atom is -0.489 e. The number of hydrogen-bond donors (Lipinski definition) is 1. The van der Waals surface area contributed by atoms with Crippen molar-refractivity contribution in [3.05, 3.63) is 110 Å². The Morgan fingerprint density at radius 2 is 1.79 bits per heavy atom. The van der Waals surface area contributed by atoms with Crippen molar-refractivity contribution in [2.45, 2.75) is 39.9 Å². The molecule has 0 fully saturated rings. The Morgan fingerprint density at radius 1 is 1.00 bits per heavy atom. The summed E-state index contributed by atoms with van der Waals surface area (Å²) in [5, 5.41) is 14.4. The Morgan fingerprint density at radius 3 is 2.50 bits per heavy atom. The molecule has 0 saturated carbocycles. The van der Waals surface area contributed by atoms with Gasteiger partial charge in [0.15, 0.2) is 0 Å². The van der Waals surface area contributed by atoms with Crippen LogP contribution in [0, 0.1) is 6.92 Å². The molecule has 6 nitrogen and oxygen atoms in total. The van der Waals surface area contributed by atoms with Gasteiger partial charge in [-0.1, -0.05) is 78.6 Å². The second-order valence-electron chi connectivity index (χ2n) is 9.04. The van der Waals surface area contributed by atoms with Crippen molar-refractivity contribution in [3.63, 3.8) is 0 Å². The molecule has 3 aromatic carbocycles. The molecule has 0 bridgehead atoms. The first-order chi connectivity index (χ1) is 18.2. The molecule has 0 aliphatic rings. The minimum atomic E-state index is -0.970. The third kappa shape index (κ3) is 6.57. The molecule has 0 spiro atoms. The molecule has 4 aromatic rings. The summed E-state index contributed by atoms with van der Waals surface area (Å²) in [6.07, 6.45) is 3.64. The maximum Gasteiger partial charge on any atom is 0.335 e. The highest BCUT2D eigenvalue weighted by Gasteiger charge is 2.20. The molecule has 1 aromatic heterocycles. The first kappa shape index (κ1) is 27.3. The molecular formula is C30H27Cl2NO5. The van der Waals surface area contributed by atoms with Crippen LogP contribution in [-0.2, 0) is 13.2 Å². The van der Waals surface area contributed by atoms with Gasteiger partial charge in [-0.05, 0) is 60.0 Å². The standard InChI is InChI=1S/C30H27Cl2NO5/c1-18(2)28-24(27(33-38-28)17-37-29-19(3)6-4-9-25(29)31)16-36-23-13-12-21(26(32)15-23)11-10-20-7-5-8-22(14-20)30(34)35/h4-15,18H,16-17H2,1-3H3,(H,34,35)/b11-10+. The number of nitrogens with zero attached hydrogens (tertiary/aromatic N) is 1. The average Bonchev–Trinajstić information content (AvgIpc) is 3.30. The second-order valence-corrected chi connectivity index (χ2v) is 9.85. The average molecular weight is 552 g/mol. The van der Waals surface area contributed by atoms with Crippen molar-refractivity contribution in [1.29, 1.82) is 0 Å². The number of hydrogen-bond acceptors (Lipinski definition) is 5. The van der Waals surface area contributed by atoms with E-state index in [9.17, 15) is 9.90 Å². The van der Waals surface area contributed by atoms with E-state index in [2.05, 4.69) is 5.16 Å². The van der Waals surface area contributed by atoms with Crippen LogP contribution in [0.3, 0.4) is 0 Å². The Labute approximate surface area is 231 Å². The lowest BCUT2D eigenvalue weighted by atomic mass is 10.1. The fourth-order valence-electron chi connectivity index (χ4n) is 3.87. The number of aromatic nitrogens is 1. The number of carbonyl (C=O) groups is 1. The van der Waals surface area contributed by atoms with Crippen LogP contribution in [0.15, 0.2) is 65.2 Å².